The van der Waals surface area contributed by atoms with E-state index >= 15 is 0 Å². The lowest BCUT2D eigenvalue weighted by atomic mass is 10.3. The van der Waals surface area contributed by atoms with Crippen molar-refractivity contribution in [2.24, 2.45) is 0 Å². The first kappa shape index (κ1) is 17.4. The molecule has 120 valence electrons. The maximum atomic E-state index is 5.75. The number of rotatable bonds is 8. The molecule has 0 fully saturated rings. The molecule has 0 bridgehead atoms. The highest BCUT2D eigenvalue weighted by Crippen LogP contribution is 2.22. The lowest BCUT2D eigenvalue weighted by molar-refractivity contribution is 0.184. The van der Waals surface area contributed by atoms with Gasteiger partial charge in [0.25, 0.3) is 0 Å². The van der Waals surface area contributed by atoms with Crippen LogP contribution in [0, 0.1) is 13.8 Å². The number of aromatic nitrogens is 2. The van der Waals surface area contributed by atoms with E-state index < -0.39 is 0 Å². The molecule has 0 spiro atoms. The first-order chi connectivity index (χ1) is 10.6. The molecule has 1 aromatic heterocycles. The Morgan fingerprint density at radius 1 is 1.27 bits per heavy atom. The average Bonchev–Trinajstić information content (AvgIpc) is 2.76. The van der Waals surface area contributed by atoms with Gasteiger partial charge in [0.1, 0.15) is 5.75 Å². The Morgan fingerprint density at radius 2 is 2.09 bits per heavy atom. The Kier molecular flexibility index (Phi) is 6.79. The number of imidazole rings is 1. The standard InChI is InChI=1S/C16H21BrN2O2S/c1-12-13(2)19(7-8-20-3)16(18-12)22-10-9-21-15-6-4-5-14(17)11-15/h4-6,11H,7-10H2,1-3H3. The summed E-state index contributed by atoms with van der Waals surface area (Å²) in [5, 5.41) is 1.03. The molecule has 0 aliphatic heterocycles. The van der Waals surface area contributed by atoms with Gasteiger partial charge in [0, 0.05) is 29.6 Å². The highest BCUT2D eigenvalue weighted by Gasteiger charge is 2.11. The molecule has 2 aromatic rings. The van der Waals surface area contributed by atoms with Crippen molar-refractivity contribution in [1.29, 1.82) is 0 Å². The summed E-state index contributed by atoms with van der Waals surface area (Å²) in [6, 6.07) is 7.89. The summed E-state index contributed by atoms with van der Waals surface area (Å²) in [6.07, 6.45) is 0. The Labute approximate surface area is 144 Å². The van der Waals surface area contributed by atoms with Crippen molar-refractivity contribution < 1.29 is 9.47 Å². The minimum Gasteiger partial charge on any atom is -0.493 e. The van der Waals surface area contributed by atoms with Crippen molar-refractivity contribution in [3.63, 3.8) is 0 Å². The van der Waals surface area contributed by atoms with E-state index in [1.807, 2.05) is 31.2 Å². The number of benzene rings is 1. The monoisotopic (exact) mass is 384 g/mol. The molecule has 1 heterocycles. The Morgan fingerprint density at radius 3 is 2.82 bits per heavy atom. The third kappa shape index (κ3) is 4.76. The van der Waals surface area contributed by atoms with Gasteiger partial charge in [0.05, 0.1) is 18.9 Å². The highest BCUT2D eigenvalue weighted by atomic mass is 79.9. The topological polar surface area (TPSA) is 36.3 Å². The van der Waals surface area contributed by atoms with Crippen LogP contribution in [0.3, 0.4) is 0 Å². The van der Waals surface area contributed by atoms with Crippen molar-refractivity contribution in [3.05, 3.63) is 40.1 Å². The van der Waals surface area contributed by atoms with Crippen molar-refractivity contribution in [1.82, 2.24) is 9.55 Å². The van der Waals surface area contributed by atoms with Gasteiger partial charge in [-0.1, -0.05) is 33.8 Å². The van der Waals surface area contributed by atoms with E-state index in [-0.39, 0.29) is 0 Å². The Bertz CT molecular complexity index is 616. The number of ether oxygens (including phenoxy) is 2. The van der Waals surface area contributed by atoms with Gasteiger partial charge in [-0.2, -0.15) is 0 Å². The highest BCUT2D eigenvalue weighted by molar-refractivity contribution is 9.10. The zero-order chi connectivity index (χ0) is 15.9. The lowest BCUT2D eigenvalue weighted by Crippen LogP contribution is -2.08. The predicted octanol–water partition coefficient (Wildman–Crippen LogP) is 4.08. The number of methoxy groups -OCH3 is 1. The first-order valence-corrected chi connectivity index (χ1v) is 8.93. The SMILES string of the molecule is COCCn1c(SCCOc2cccc(Br)c2)nc(C)c1C. The molecule has 0 atom stereocenters. The van der Waals surface area contributed by atoms with E-state index in [1.165, 1.54) is 5.69 Å². The molecule has 0 amide bonds. The van der Waals surface area contributed by atoms with Gasteiger partial charge in [0.2, 0.25) is 0 Å². The van der Waals surface area contributed by atoms with E-state index in [0.29, 0.717) is 13.2 Å². The Balaban J connectivity index is 1.87. The molecular formula is C16H21BrN2O2S. The fourth-order valence-corrected chi connectivity index (χ4v) is 3.34. The van der Waals surface area contributed by atoms with Crippen molar-refractivity contribution in [2.45, 2.75) is 25.5 Å². The maximum absolute atomic E-state index is 5.75. The van der Waals surface area contributed by atoms with Gasteiger partial charge < -0.3 is 14.0 Å². The van der Waals surface area contributed by atoms with Crippen molar-refractivity contribution in [2.75, 3.05) is 26.1 Å². The van der Waals surface area contributed by atoms with E-state index in [0.717, 1.165) is 33.4 Å². The third-order valence-electron chi connectivity index (χ3n) is 3.32. The number of halogens is 1. The summed E-state index contributed by atoms with van der Waals surface area (Å²) in [4.78, 5) is 4.63. The number of nitrogens with zero attached hydrogens (tertiary/aromatic N) is 2. The van der Waals surface area contributed by atoms with Gasteiger partial charge in [-0.05, 0) is 32.0 Å². The second-order valence-corrected chi connectivity index (χ2v) is 6.84. The van der Waals surface area contributed by atoms with Crippen molar-refractivity contribution >= 4 is 27.7 Å². The molecule has 4 nitrogen and oxygen atoms in total. The van der Waals surface area contributed by atoms with Gasteiger partial charge in [-0.25, -0.2) is 4.98 Å². The molecule has 0 N–H and O–H groups in total. The Hall–Kier alpha value is -0.980. The minimum absolute atomic E-state index is 0.649. The van der Waals surface area contributed by atoms with Gasteiger partial charge in [-0.3, -0.25) is 0 Å². The van der Waals surface area contributed by atoms with Crippen LogP contribution in [0.15, 0.2) is 33.9 Å². The van der Waals surface area contributed by atoms with Crippen LogP contribution in [-0.2, 0) is 11.3 Å². The van der Waals surface area contributed by atoms with Crippen LogP contribution in [0.5, 0.6) is 5.75 Å². The summed E-state index contributed by atoms with van der Waals surface area (Å²) in [5.74, 6) is 1.74. The fourth-order valence-electron chi connectivity index (χ4n) is 2.03. The van der Waals surface area contributed by atoms with E-state index in [2.05, 4.69) is 32.4 Å². The lowest BCUT2D eigenvalue weighted by Gasteiger charge is -2.10. The van der Waals surface area contributed by atoms with Crippen molar-refractivity contribution in [3.8, 4) is 5.75 Å². The van der Waals surface area contributed by atoms with Crippen LogP contribution < -0.4 is 4.74 Å². The summed E-state index contributed by atoms with van der Waals surface area (Å²) in [7, 11) is 1.72. The molecule has 0 saturated carbocycles. The normalized spacial score (nSPS) is 10.9. The molecule has 6 heteroatoms. The first-order valence-electron chi connectivity index (χ1n) is 7.15. The molecule has 0 aliphatic rings. The summed E-state index contributed by atoms with van der Waals surface area (Å²) in [6.45, 7) is 6.31. The number of hydrogen-bond acceptors (Lipinski definition) is 4. The summed E-state index contributed by atoms with van der Waals surface area (Å²) >= 11 is 5.16. The molecule has 0 unspecified atom stereocenters. The van der Waals surface area contributed by atoms with Crippen LogP contribution in [0.25, 0.3) is 0 Å². The fraction of sp³-hybridized carbons (Fsp3) is 0.438. The number of aryl methyl sites for hydroxylation is 1. The summed E-state index contributed by atoms with van der Waals surface area (Å²) < 4.78 is 14.2. The van der Waals surface area contributed by atoms with E-state index in [4.69, 9.17) is 9.47 Å². The smallest absolute Gasteiger partial charge is 0.168 e. The largest absolute Gasteiger partial charge is 0.493 e. The van der Waals surface area contributed by atoms with Crippen LogP contribution in [0.4, 0.5) is 0 Å². The zero-order valence-corrected chi connectivity index (χ0v) is 15.5. The molecule has 1 aromatic carbocycles. The van der Waals surface area contributed by atoms with Crippen LogP contribution in [-0.4, -0.2) is 35.6 Å². The van der Waals surface area contributed by atoms with Gasteiger partial charge >= 0.3 is 0 Å². The predicted molar refractivity (Wildman–Crippen MR) is 93.9 cm³/mol. The van der Waals surface area contributed by atoms with Gasteiger partial charge in [0.15, 0.2) is 5.16 Å². The molecule has 0 radical (unpaired) electrons. The van der Waals surface area contributed by atoms with Crippen LogP contribution >= 0.6 is 27.7 Å². The number of thioether (sulfide) groups is 1. The minimum atomic E-state index is 0.649. The van der Waals surface area contributed by atoms with Gasteiger partial charge in [-0.15, -0.1) is 0 Å². The molecule has 0 aliphatic carbocycles. The average molecular weight is 385 g/mol. The van der Waals surface area contributed by atoms with Crippen LogP contribution in [0.1, 0.15) is 11.4 Å². The second kappa shape index (κ2) is 8.60. The van der Waals surface area contributed by atoms with Crippen LogP contribution in [0.2, 0.25) is 0 Å². The molecule has 0 saturated heterocycles. The molecule has 2 rings (SSSR count). The van der Waals surface area contributed by atoms with E-state index in [9.17, 15) is 0 Å². The summed E-state index contributed by atoms with van der Waals surface area (Å²) in [5.41, 5.74) is 2.28. The third-order valence-corrected chi connectivity index (χ3v) is 4.75. The van der Waals surface area contributed by atoms with E-state index in [1.54, 1.807) is 18.9 Å². The number of hydrogen-bond donors (Lipinski definition) is 0. The molecule has 22 heavy (non-hydrogen) atoms. The zero-order valence-electron chi connectivity index (χ0n) is 13.1. The maximum Gasteiger partial charge on any atom is 0.168 e. The molecular weight excluding hydrogens is 364 g/mol. The second-order valence-electron chi connectivity index (χ2n) is 4.86. The quantitative estimate of drug-likeness (QED) is 0.507.